The van der Waals surface area contributed by atoms with Gasteiger partial charge in [-0.3, -0.25) is 14.4 Å². The van der Waals surface area contributed by atoms with E-state index in [2.05, 4.69) is 93.7 Å². The molecule has 0 aliphatic heterocycles. The second kappa shape index (κ2) is 70.3. The van der Waals surface area contributed by atoms with Crippen LogP contribution in [0.25, 0.3) is 0 Å². The van der Waals surface area contributed by atoms with E-state index in [1.165, 1.54) is 250 Å². The average molecular weight is 1150 g/mol. The molecular weight excluding hydrogens is 1010 g/mol. The highest BCUT2D eigenvalue weighted by atomic mass is 16.6. The van der Waals surface area contributed by atoms with Gasteiger partial charge in [0.2, 0.25) is 0 Å². The molecule has 6 heteroatoms. The minimum Gasteiger partial charge on any atom is -0.462 e. The maximum atomic E-state index is 13.0. The summed E-state index contributed by atoms with van der Waals surface area (Å²) in [7, 11) is 0. The van der Waals surface area contributed by atoms with Crippen molar-refractivity contribution in [1.82, 2.24) is 0 Å². The Morgan fingerprint density at radius 1 is 0.256 bits per heavy atom. The fourth-order valence-corrected chi connectivity index (χ4v) is 10.6. The van der Waals surface area contributed by atoms with Crippen molar-refractivity contribution < 1.29 is 28.6 Å². The number of ether oxygens (including phenoxy) is 3. The number of hydrogen-bond acceptors (Lipinski definition) is 6. The zero-order valence-electron chi connectivity index (χ0n) is 54.8. The predicted molar refractivity (Wildman–Crippen MR) is 358 cm³/mol. The van der Waals surface area contributed by atoms with Crippen LogP contribution < -0.4 is 0 Å². The summed E-state index contributed by atoms with van der Waals surface area (Å²) in [6.07, 6.45) is 92.3. The first kappa shape index (κ1) is 78.8. The van der Waals surface area contributed by atoms with Gasteiger partial charge < -0.3 is 14.2 Å². The molecule has 0 aliphatic rings. The predicted octanol–water partition coefficient (Wildman–Crippen LogP) is 24.8. The number of rotatable bonds is 66. The highest BCUT2D eigenvalue weighted by Crippen LogP contribution is 2.18. The second-order valence-corrected chi connectivity index (χ2v) is 24.1. The maximum absolute atomic E-state index is 13.0. The molecule has 1 unspecified atom stereocenters. The van der Waals surface area contributed by atoms with Crippen molar-refractivity contribution in [2.45, 2.75) is 380 Å². The minimum absolute atomic E-state index is 0.0895. The van der Waals surface area contributed by atoms with Gasteiger partial charge in [0.15, 0.2) is 6.10 Å². The number of hydrogen-bond donors (Lipinski definition) is 0. The monoisotopic (exact) mass is 1150 g/mol. The van der Waals surface area contributed by atoms with Crippen molar-refractivity contribution in [2.24, 2.45) is 0 Å². The molecule has 0 N–H and O–H groups in total. The van der Waals surface area contributed by atoms with Crippen LogP contribution in [0.5, 0.6) is 0 Å². The van der Waals surface area contributed by atoms with Crippen molar-refractivity contribution in [2.75, 3.05) is 13.2 Å². The number of carbonyl (C=O) groups is 3. The van der Waals surface area contributed by atoms with Crippen LogP contribution in [0.2, 0.25) is 0 Å². The molecule has 0 aromatic rings. The molecule has 0 bridgehead atoms. The molecule has 476 valence electrons. The van der Waals surface area contributed by atoms with Gasteiger partial charge in [-0.2, -0.15) is 0 Å². The topological polar surface area (TPSA) is 78.9 Å². The van der Waals surface area contributed by atoms with Crippen molar-refractivity contribution in [3.8, 4) is 0 Å². The summed E-state index contributed by atoms with van der Waals surface area (Å²) in [5.41, 5.74) is 0. The number of esters is 3. The average Bonchev–Trinajstić information content (AvgIpc) is 3.47. The largest absolute Gasteiger partial charge is 0.462 e. The van der Waals surface area contributed by atoms with Crippen LogP contribution >= 0.6 is 0 Å². The number of carbonyl (C=O) groups excluding carboxylic acids is 3. The molecular formula is C76H136O6. The molecule has 0 aliphatic carbocycles. The second-order valence-electron chi connectivity index (χ2n) is 24.1. The van der Waals surface area contributed by atoms with Crippen molar-refractivity contribution >= 4 is 17.9 Å². The molecule has 0 saturated carbocycles. The lowest BCUT2D eigenvalue weighted by molar-refractivity contribution is -0.167. The summed E-state index contributed by atoms with van der Waals surface area (Å²) >= 11 is 0. The Kier molecular flexibility index (Phi) is 67.6. The smallest absolute Gasteiger partial charge is 0.306 e. The lowest BCUT2D eigenvalue weighted by atomic mass is 10.0. The van der Waals surface area contributed by atoms with Crippen LogP contribution in [0, 0.1) is 0 Å². The maximum Gasteiger partial charge on any atom is 0.306 e. The molecule has 0 aromatic heterocycles. The van der Waals surface area contributed by atoms with E-state index in [4.69, 9.17) is 14.2 Å². The molecule has 1 atom stereocenters. The minimum atomic E-state index is -0.799. The van der Waals surface area contributed by atoms with Gasteiger partial charge >= 0.3 is 17.9 Å². The summed E-state index contributed by atoms with van der Waals surface area (Å²) in [6, 6.07) is 0. The van der Waals surface area contributed by atoms with Crippen molar-refractivity contribution in [3.05, 3.63) is 72.9 Å². The normalized spacial score (nSPS) is 12.5. The Morgan fingerprint density at radius 3 is 0.805 bits per heavy atom. The van der Waals surface area contributed by atoms with E-state index in [1.54, 1.807) is 0 Å². The van der Waals surface area contributed by atoms with Crippen LogP contribution in [0.3, 0.4) is 0 Å². The fraction of sp³-hybridized carbons (Fsp3) is 0.803. The molecule has 0 heterocycles. The molecule has 0 aromatic carbocycles. The Hall–Kier alpha value is -3.15. The third kappa shape index (κ3) is 67.6. The third-order valence-electron chi connectivity index (χ3n) is 15.9. The van der Waals surface area contributed by atoms with E-state index in [9.17, 15) is 14.4 Å². The van der Waals surface area contributed by atoms with Crippen LogP contribution in [0.4, 0.5) is 0 Å². The summed E-state index contributed by atoms with van der Waals surface area (Å²) in [5, 5.41) is 0. The van der Waals surface area contributed by atoms with Gasteiger partial charge in [0.05, 0.1) is 0 Å². The molecule has 0 fully saturated rings. The van der Waals surface area contributed by atoms with E-state index in [0.717, 1.165) is 77.0 Å². The lowest BCUT2D eigenvalue weighted by Gasteiger charge is -2.18. The third-order valence-corrected chi connectivity index (χ3v) is 15.9. The SMILES string of the molecule is CC/C=C\C/C=C\C/C=C\C/C=C\C/C=C\CCCC(=O)OCC(COC(=O)CCCCCCCCCCCCCCCCCCCCCCCCCC)OC(=O)CCCCCCCCCCCCC/C=C\CCCCCCCCCC. The Bertz CT molecular complexity index is 1500. The summed E-state index contributed by atoms with van der Waals surface area (Å²) in [4.78, 5) is 38.5. The Morgan fingerprint density at radius 2 is 0.488 bits per heavy atom. The van der Waals surface area contributed by atoms with Crippen molar-refractivity contribution in [3.63, 3.8) is 0 Å². The van der Waals surface area contributed by atoms with Crippen LogP contribution in [-0.4, -0.2) is 37.2 Å². The summed E-state index contributed by atoms with van der Waals surface area (Å²) < 4.78 is 17.0. The van der Waals surface area contributed by atoms with E-state index < -0.39 is 6.10 Å². The highest BCUT2D eigenvalue weighted by molar-refractivity contribution is 5.71. The van der Waals surface area contributed by atoms with Gasteiger partial charge in [-0.1, -0.05) is 344 Å². The van der Waals surface area contributed by atoms with Gasteiger partial charge in [0.1, 0.15) is 13.2 Å². The fourth-order valence-electron chi connectivity index (χ4n) is 10.6. The van der Waals surface area contributed by atoms with Crippen LogP contribution in [0.15, 0.2) is 72.9 Å². The van der Waals surface area contributed by atoms with Gasteiger partial charge in [0, 0.05) is 19.3 Å². The van der Waals surface area contributed by atoms with Crippen molar-refractivity contribution in [1.29, 1.82) is 0 Å². The van der Waals surface area contributed by atoms with Crippen LogP contribution in [-0.2, 0) is 28.6 Å². The first-order valence-electron chi connectivity index (χ1n) is 35.9. The Balaban J connectivity index is 4.35. The van der Waals surface area contributed by atoms with E-state index in [1.807, 2.05) is 0 Å². The zero-order valence-corrected chi connectivity index (χ0v) is 54.8. The van der Waals surface area contributed by atoms with E-state index in [0.29, 0.717) is 19.3 Å². The molecule has 0 radical (unpaired) electrons. The van der Waals surface area contributed by atoms with E-state index >= 15 is 0 Å². The highest BCUT2D eigenvalue weighted by Gasteiger charge is 2.19. The first-order chi connectivity index (χ1) is 40.5. The Labute approximate surface area is 510 Å². The molecule has 6 nitrogen and oxygen atoms in total. The first-order valence-corrected chi connectivity index (χ1v) is 35.9. The summed E-state index contributed by atoms with van der Waals surface area (Å²) in [5.74, 6) is -0.929. The van der Waals surface area contributed by atoms with Gasteiger partial charge in [-0.15, -0.1) is 0 Å². The molecule has 82 heavy (non-hydrogen) atoms. The van der Waals surface area contributed by atoms with E-state index in [-0.39, 0.29) is 37.5 Å². The van der Waals surface area contributed by atoms with Gasteiger partial charge in [-0.25, -0.2) is 0 Å². The molecule has 0 amide bonds. The molecule has 0 rings (SSSR count). The number of allylic oxidation sites excluding steroid dienone is 12. The molecule has 0 spiro atoms. The lowest BCUT2D eigenvalue weighted by Crippen LogP contribution is -2.30. The quantitative estimate of drug-likeness (QED) is 0.0261. The number of unbranched alkanes of at least 4 members (excludes halogenated alkanes) is 43. The van der Waals surface area contributed by atoms with Gasteiger partial charge in [-0.05, 0) is 83.5 Å². The summed E-state index contributed by atoms with van der Waals surface area (Å²) in [6.45, 7) is 6.54. The van der Waals surface area contributed by atoms with Crippen LogP contribution in [0.1, 0.15) is 374 Å². The molecule has 0 saturated heterocycles. The van der Waals surface area contributed by atoms with Gasteiger partial charge in [0.25, 0.3) is 0 Å². The zero-order chi connectivity index (χ0) is 59.2. The standard InChI is InChI=1S/C76H136O6/c1-4-7-10-13-16-19-22-25-28-31-33-35-37-39-40-42-45-48-51-54-57-60-63-66-69-75(78)81-72-73(71-80-74(77)68-65-62-59-56-53-50-47-44-30-27-24-21-18-15-12-9-6-3)82-76(79)70-67-64-61-58-55-52-49-46-43-41-38-36-34-32-29-26-23-20-17-14-11-8-5-2/h9,12,18,21,27,30,32,34,47,50,56,59,73H,4-8,10-11,13-17,19-20,22-26,28-29,31,33,35-46,48-49,51-55,57-58,60-72H2,1-3H3/b12-9-,21-18-,30-27-,34-32-,50-47-,59-56-.